The second-order valence-electron chi connectivity index (χ2n) is 4.71. The zero-order chi connectivity index (χ0) is 12.9. The Morgan fingerprint density at radius 2 is 1.68 bits per heavy atom. The third-order valence-electron chi connectivity index (χ3n) is 3.22. The Morgan fingerprint density at radius 1 is 0.947 bits per heavy atom. The van der Waals surface area contributed by atoms with Gasteiger partial charge in [0.1, 0.15) is 19.7 Å². The van der Waals surface area contributed by atoms with E-state index in [0.717, 1.165) is 24.6 Å². The summed E-state index contributed by atoms with van der Waals surface area (Å²) in [6.45, 7) is 2.51. The normalized spacial score (nSPS) is 17.2. The molecule has 0 aliphatic carbocycles. The van der Waals surface area contributed by atoms with Crippen LogP contribution in [0.25, 0.3) is 0 Å². The van der Waals surface area contributed by atoms with Gasteiger partial charge in [-0.05, 0) is 12.1 Å². The lowest BCUT2D eigenvalue weighted by Gasteiger charge is -2.25. The lowest BCUT2D eigenvalue weighted by molar-refractivity contribution is -0.676. The molecule has 1 heterocycles. The number of para-hydroxylation sites is 2. The van der Waals surface area contributed by atoms with E-state index in [1.807, 2.05) is 30.3 Å². The molecule has 2 aromatic rings. The predicted molar refractivity (Wildman–Crippen MR) is 73.3 cm³/mol. The minimum Gasteiger partial charge on any atom is -0.486 e. The van der Waals surface area contributed by atoms with Crippen LogP contribution >= 0.6 is 0 Å². The summed E-state index contributed by atoms with van der Waals surface area (Å²) in [5, 5.41) is 2.26. The Morgan fingerprint density at radius 3 is 2.53 bits per heavy atom. The smallest absolute Gasteiger partial charge is 0.181 e. The van der Waals surface area contributed by atoms with Crippen LogP contribution in [-0.4, -0.2) is 19.3 Å². The molecule has 2 aromatic carbocycles. The van der Waals surface area contributed by atoms with E-state index >= 15 is 0 Å². The zero-order valence-corrected chi connectivity index (χ0v) is 10.8. The van der Waals surface area contributed by atoms with Crippen molar-refractivity contribution in [1.82, 2.24) is 0 Å². The maximum atomic E-state index is 5.91. The van der Waals surface area contributed by atoms with Crippen LogP contribution in [0.15, 0.2) is 54.6 Å². The van der Waals surface area contributed by atoms with E-state index in [-0.39, 0.29) is 6.10 Å². The monoisotopic (exact) mass is 256 g/mol. The van der Waals surface area contributed by atoms with E-state index in [4.69, 9.17) is 9.47 Å². The number of hydrogen-bond donors (Lipinski definition) is 1. The Hall–Kier alpha value is -2.00. The average molecular weight is 256 g/mol. The quantitative estimate of drug-likeness (QED) is 0.901. The molecule has 0 spiro atoms. The van der Waals surface area contributed by atoms with Crippen molar-refractivity contribution in [2.24, 2.45) is 0 Å². The van der Waals surface area contributed by atoms with Gasteiger partial charge in [-0.2, -0.15) is 0 Å². The van der Waals surface area contributed by atoms with Crippen LogP contribution in [0.5, 0.6) is 11.5 Å². The average Bonchev–Trinajstić information content (AvgIpc) is 2.48. The molecular formula is C16H18NO2+. The second kappa shape index (κ2) is 5.76. The van der Waals surface area contributed by atoms with Gasteiger partial charge in [0, 0.05) is 5.56 Å². The Balaban J connectivity index is 1.50. The fraction of sp³-hybridized carbons (Fsp3) is 0.250. The maximum Gasteiger partial charge on any atom is 0.181 e. The van der Waals surface area contributed by atoms with Gasteiger partial charge in [0.2, 0.25) is 0 Å². The van der Waals surface area contributed by atoms with Gasteiger partial charge < -0.3 is 14.8 Å². The topological polar surface area (TPSA) is 35.1 Å². The molecule has 0 saturated carbocycles. The number of hydrogen-bond acceptors (Lipinski definition) is 2. The largest absolute Gasteiger partial charge is 0.486 e. The summed E-state index contributed by atoms with van der Waals surface area (Å²) in [7, 11) is 0. The SMILES string of the molecule is c1ccc(C[NH2+]C[C@@H]2COc3ccccc3O2)cc1. The van der Waals surface area contributed by atoms with Crippen molar-refractivity contribution in [2.45, 2.75) is 12.6 Å². The first-order valence-electron chi connectivity index (χ1n) is 6.66. The highest BCUT2D eigenvalue weighted by Gasteiger charge is 2.21. The standard InChI is InChI=1S/C16H17NO2/c1-2-6-13(7-3-1)10-17-11-14-12-18-15-8-4-5-9-16(15)19-14/h1-9,14,17H,10-12H2/p+1/t14-/m1/s1. The van der Waals surface area contributed by atoms with Crippen molar-refractivity contribution in [2.75, 3.05) is 13.2 Å². The summed E-state index contributed by atoms with van der Waals surface area (Å²) in [4.78, 5) is 0. The van der Waals surface area contributed by atoms with Crippen molar-refractivity contribution >= 4 is 0 Å². The molecule has 0 fully saturated rings. The van der Waals surface area contributed by atoms with Crippen molar-refractivity contribution in [3.8, 4) is 11.5 Å². The molecule has 3 rings (SSSR count). The Kier molecular flexibility index (Phi) is 3.65. The number of benzene rings is 2. The first-order valence-corrected chi connectivity index (χ1v) is 6.66. The molecule has 0 bridgehead atoms. The molecule has 98 valence electrons. The van der Waals surface area contributed by atoms with Gasteiger partial charge in [-0.1, -0.05) is 42.5 Å². The fourth-order valence-electron chi connectivity index (χ4n) is 2.23. The van der Waals surface area contributed by atoms with Gasteiger partial charge in [0.25, 0.3) is 0 Å². The van der Waals surface area contributed by atoms with Crippen molar-refractivity contribution in [3.63, 3.8) is 0 Å². The van der Waals surface area contributed by atoms with Crippen LogP contribution in [0.1, 0.15) is 5.56 Å². The van der Waals surface area contributed by atoms with E-state index in [1.54, 1.807) is 0 Å². The van der Waals surface area contributed by atoms with Crippen molar-refractivity contribution < 1.29 is 14.8 Å². The molecule has 0 saturated heterocycles. The van der Waals surface area contributed by atoms with E-state index in [2.05, 4.69) is 29.6 Å². The summed E-state index contributed by atoms with van der Waals surface area (Å²) in [6.07, 6.45) is 0.124. The van der Waals surface area contributed by atoms with Crippen LogP contribution in [0.4, 0.5) is 0 Å². The van der Waals surface area contributed by atoms with Gasteiger partial charge in [0.15, 0.2) is 17.6 Å². The van der Waals surface area contributed by atoms with Crippen LogP contribution in [-0.2, 0) is 6.54 Å². The van der Waals surface area contributed by atoms with Gasteiger partial charge >= 0.3 is 0 Å². The zero-order valence-electron chi connectivity index (χ0n) is 10.8. The van der Waals surface area contributed by atoms with Gasteiger partial charge in [-0.3, -0.25) is 0 Å². The molecule has 1 aliphatic rings. The number of fused-ring (bicyclic) bond motifs is 1. The van der Waals surface area contributed by atoms with Crippen LogP contribution in [0, 0.1) is 0 Å². The van der Waals surface area contributed by atoms with E-state index in [1.165, 1.54) is 5.56 Å². The minimum atomic E-state index is 0.124. The highest BCUT2D eigenvalue weighted by Crippen LogP contribution is 2.30. The third-order valence-corrected chi connectivity index (χ3v) is 3.22. The lowest BCUT2D eigenvalue weighted by Crippen LogP contribution is -2.85. The molecule has 0 aromatic heterocycles. The van der Waals surface area contributed by atoms with Gasteiger partial charge in [0.05, 0.1) is 0 Å². The van der Waals surface area contributed by atoms with Gasteiger partial charge in [-0.15, -0.1) is 0 Å². The molecule has 3 nitrogen and oxygen atoms in total. The summed E-state index contributed by atoms with van der Waals surface area (Å²) < 4.78 is 11.6. The van der Waals surface area contributed by atoms with Crippen LogP contribution in [0.2, 0.25) is 0 Å². The molecule has 0 radical (unpaired) electrons. The van der Waals surface area contributed by atoms with E-state index < -0.39 is 0 Å². The van der Waals surface area contributed by atoms with Crippen LogP contribution < -0.4 is 14.8 Å². The number of rotatable bonds is 4. The molecule has 1 aliphatic heterocycles. The van der Waals surface area contributed by atoms with Crippen molar-refractivity contribution in [3.05, 3.63) is 60.2 Å². The molecular weight excluding hydrogens is 238 g/mol. The minimum absolute atomic E-state index is 0.124. The molecule has 3 heteroatoms. The number of quaternary nitrogens is 1. The van der Waals surface area contributed by atoms with Gasteiger partial charge in [-0.25, -0.2) is 0 Å². The summed E-state index contributed by atoms with van der Waals surface area (Å²) in [5.74, 6) is 1.70. The number of ether oxygens (including phenoxy) is 2. The summed E-state index contributed by atoms with van der Waals surface area (Å²) in [6, 6.07) is 18.3. The third kappa shape index (κ3) is 3.06. The summed E-state index contributed by atoms with van der Waals surface area (Å²) >= 11 is 0. The molecule has 1 atom stereocenters. The Labute approximate surface area is 113 Å². The molecule has 0 amide bonds. The molecule has 19 heavy (non-hydrogen) atoms. The highest BCUT2D eigenvalue weighted by atomic mass is 16.6. The van der Waals surface area contributed by atoms with E-state index in [0.29, 0.717) is 6.61 Å². The number of nitrogens with two attached hydrogens (primary N) is 1. The second-order valence-corrected chi connectivity index (χ2v) is 4.71. The summed E-state index contributed by atoms with van der Waals surface area (Å²) in [5.41, 5.74) is 1.33. The molecule has 2 N–H and O–H groups in total. The predicted octanol–water partition coefficient (Wildman–Crippen LogP) is 1.59. The van der Waals surface area contributed by atoms with Crippen LogP contribution in [0.3, 0.4) is 0 Å². The first kappa shape index (κ1) is 12.1. The van der Waals surface area contributed by atoms with Crippen molar-refractivity contribution in [1.29, 1.82) is 0 Å². The maximum absolute atomic E-state index is 5.91. The Bertz CT molecular complexity index is 527. The lowest BCUT2D eigenvalue weighted by atomic mass is 10.2. The first-order chi connectivity index (χ1) is 9.42. The highest BCUT2D eigenvalue weighted by molar-refractivity contribution is 5.40. The van der Waals surface area contributed by atoms with E-state index in [9.17, 15) is 0 Å². The molecule has 0 unspecified atom stereocenters. The fourth-order valence-corrected chi connectivity index (χ4v) is 2.23.